The van der Waals surface area contributed by atoms with Gasteiger partial charge in [0.15, 0.2) is 22.4 Å². The van der Waals surface area contributed by atoms with E-state index < -0.39 is 0 Å². The monoisotopic (exact) mass is 474 g/mol. The molecule has 0 spiro atoms. The first kappa shape index (κ1) is 23.1. The Bertz CT molecular complexity index is 1270. The van der Waals surface area contributed by atoms with Gasteiger partial charge in [-0.2, -0.15) is 0 Å². The number of carbonyl (C=O) groups is 2. The van der Waals surface area contributed by atoms with E-state index >= 15 is 0 Å². The van der Waals surface area contributed by atoms with Gasteiger partial charge in [-0.3, -0.25) is 14.5 Å². The van der Waals surface area contributed by atoms with Crippen LogP contribution in [0.25, 0.3) is 6.08 Å². The summed E-state index contributed by atoms with van der Waals surface area (Å²) in [5.41, 5.74) is 2.07. The van der Waals surface area contributed by atoms with E-state index in [0.717, 1.165) is 0 Å². The molecule has 0 bridgehead atoms. The Labute approximate surface area is 201 Å². The highest BCUT2D eigenvalue weighted by atomic mass is 32.2. The first-order valence-corrected chi connectivity index (χ1v) is 11.4. The SMILES string of the molecule is COc1ccc(C(=O)CSC2=N/C(=C\c3ccc(O)c(OC)c3)C(=O)N2c2ccccc2)cc1. The van der Waals surface area contributed by atoms with Crippen LogP contribution in [0.5, 0.6) is 17.2 Å². The first-order chi connectivity index (χ1) is 16.5. The maximum Gasteiger partial charge on any atom is 0.283 e. The van der Waals surface area contributed by atoms with Crippen molar-refractivity contribution in [1.29, 1.82) is 0 Å². The second kappa shape index (κ2) is 10.3. The molecule has 1 aliphatic rings. The molecule has 34 heavy (non-hydrogen) atoms. The maximum atomic E-state index is 13.3. The van der Waals surface area contributed by atoms with Crippen LogP contribution < -0.4 is 14.4 Å². The number of amides is 1. The molecule has 3 aromatic rings. The average molecular weight is 475 g/mol. The van der Waals surface area contributed by atoms with Crippen LogP contribution in [0.15, 0.2) is 83.5 Å². The minimum Gasteiger partial charge on any atom is -0.504 e. The summed E-state index contributed by atoms with van der Waals surface area (Å²) in [7, 11) is 3.02. The van der Waals surface area contributed by atoms with E-state index in [9.17, 15) is 14.7 Å². The number of ketones is 1. The lowest BCUT2D eigenvalue weighted by molar-refractivity contribution is -0.113. The molecule has 0 aromatic heterocycles. The molecular weight excluding hydrogens is 452 g/mol. The van der Waals surface area contributed by atoms with Gasteiger partial charge >= 0.3 is 0 Å². The van der Waals surface area contributed by atoms with E-state index in [1.165, 1.54) is 29.8 Å². The smallest absolute Gasteiger partial charge is 0.283 e. The van der Waals surface area contributed by atoms with Crippen LogP contribution in [-0.4, -0.2) is 41.9 Å². The van der Waals surface area contributed by atoms with Crippen molar-refractivity contribution < 1.29 is 24.2 Å². The van der Waals surface area contributed by atoms with Crippen LogP contribution in [0, 0.1) is 0 Å². The van der Waals surface area contributed by atoms with Gasteiger partial charge in [0.1, 0.15) is 11.4 Å². The number of Topliss-reactive ketones (excluding diaryl/α,β-unsaturated/α-hetero) is 1. The molecule has 4 rings (SSSR count). The fraction of sp³-hybridized carbons (Fsp3) is 0.115. The molecule has 0 fully saturated rings. The zero-order valence-corrected chi connectivity index (χ0v) is 19.4. The Kier molecular flexibility index (Phi) is 6.98. The number of anilines is 1. The predicted molar refractivity (Wildman–Crippen MR) is 134 cm³/mol. The number of aliphatic imine (C=N–C) groups is 1. The number of rotatable bonds is 7. The lowest BCUT2D eigenvalue weighted by Gasteiger charge is -2.17. The summed E-state index contributed by atoms with van der Waals surface area (Å²) in [4.78, 5) is 32.0. The molecule has 7 nitrogen and oxygen atoms in total. The number of phenols is 1. The number of ether oxygens (including phenoxy) is 2. The van der Waals surface area contributed by atoms with Crippen molar-refractivity contribution in [2.75, 3.05) is 24.9 Å². The third kappa shape index (κ3) is 4.97. The lowest BCUT2D eigenvalue weighted by Crippen LogP contribution is -2.30. The first-order valence-electron chi connectivity index (χ1n) is 10.4. The maximum absolute atomic E-state index is 13.3. The van der Waals surface area contributed by atoms with Crippen molar-refractivity contribution in [3.05, 3.63) is 89.6 Å². The van der Waals surface area contributed by atoms with Gasteiger partial charge < -0.3 is 14.6 Å². The molecule has 1 N–H and O–H groups in total. The molecule has 1 heterocycles. The van der Waals surface area contributed by atoms with E-state index in [1.54, 1.807) is 49.6 Å². The summed E-state index contributed by atoms with van der Waals surface area (Å²) in [6.45, 7) is 0. The van der Waals surface area contributed by atoms with E-state index in [0.29, 0.717) is 33.5 Å². The number of phenolic OH excluding ortho intramolecular Hbond substituents is 1. The summed E-state index contributed by atoms with van der Waals surface area (Å²) < 4.78 is 10.3. The third-order valence-corrected chi connectivity index (χ3v) is 6.03. The van der Waals surface area contributed by atoms with Gasteiger partial charge in [0.05, 0.1) is 25.7 Å². The number of para-hydroxylation sites is 1. The van der Waals surface area contributed by atoms with Gasteiger partial charge in [-0.05, 0) is 60.2 Å². The van der Waals surface area contributed by atoms with E-state index in [1.807, 2.05) is 30.3 Å². The second-order valence-electron chi connectivity index (χ2n) is 7.27. The number of hydrogen-bond acceptors (Lipinski definition) is 7. The van der Waals surface area contributed by atoms with Crippen LogP contribution in [0.2, 0.25) is 0 Å². The van der Waals surface area contributed by atoms with Gasteiger partial charge in [-0.15, -0.1) is 0 Å². The predicted octanol–water partition coefficient (Wildman–Crippen LogP) is 4.77. The van der Waals surface area contributed by atoms with Crippen molar-refractivity contribution >= 4 is 40.4 Å². The molecular formula is C26H22N2O5S. The second-order valence-corrected chi connectivity index (χ2v) is 8.21. The summed E-state index contributed by atoms with van der Waals surface area (Å²) in [6.07, 6.45) is 1.62. The molecule has 1 amide bonds. The number of amidine groups is 1. The van der Waals surface area contributed by atoms with Gasteiger partial charge in [0.25, 0.3) is 5.91 Å². The summed E-state index contributed by atoms with van der Waals surface area (Å²) in [5, 5.41) is 10.2. The van der Waals surface area contributed by atoms with Crippen molar-refractivity contribution in [1.82, 2.24) is 0 Å². The lowest BCUT2D eigenvalue weighted by atomic mass is 10.1. The molecule has 0 aliphatic carbocycles. The highest BCUT2D eigenvalue weighted by Gasteiger charge is 2.32. The van der Waals surface area contributed by atoms with E-state index in [4.69, 9.17) is 9.47 Å². The summed E-state index contributed by atoms with van der Waals surface area (Å²) in [5.74, 6) is 0.690. The van der Waals surface area contributed by atoms with Crippen molar-refractivity contribution in [2.45, 2.75) is 0 Å². The number of hydrogen-bond donors (Lipinski definition) is 1. The molecule has 1 aliphatic heterocycles. The minimum absolute atomic E-state index is 0.00472. The quantitative estimate of drug-likeness (QED) is 0.392. The Hall–Kier alpha value is -4.04. The highest BCUT2D eigenvalue weighted by molar-refractivity contribution is 8.14. The molecule has 0 saturated carbocycles. The highest BCUT2D eigenvalue weighted by Crippen LogP contribution is 2.32. The van der Waals surface area contributed by atoms with Crippen LogP contribution in [-0.2, 0) is 4.79 Å². The van der Waals surface area contributed by atoms with Crippen LogP contribution in [0.4, 0.5) is 5.69 Å². The Balaban J connectivity index is 1.61. The van der Waals surface area contributed by atoms with Crippen LogP contribution in [0.1, 0.15) is 15.9 Å². The van der Waals surface area contributed by atoms with Gasteiger partial charge in [-0.25, -0.2) is 4.99 Å². The number of methoxy groups -OCH3 is 2. The summed E-state index contributed by atoms with van der Waals surface area (Å²) >= 11 is 1.20. The fourth-order valence-corrected chi connectivity index (χ4v) is 4.24. The van der Waals surface area contributed by atoms with Crippen molar-refractivity contribution in [3.63, 3.8) is 0 Å². The van der Waals surface area contributed by atoms with E-state index in [2.05, 4.69) is 4.99 Å². The Morgan fingerprint density at radius 2 is 1.76 bits per heavy atom. The molecule has 0 atom stereocenters. The number of aromatic hydroxyl groups is 1. The zero-order chi connectivity index (χ0) is 24.1. The average Bonchev–Trinajstić information content (AvgIpc) is 3.18. The number of benzene rings is 3. The summed E-state index contributed by atoms with van der Waals surface area (Å²) in [6, 6.07) is 20.8. The van der Waals surface area contributed by atoms with Gasteiger partial charge in [0, 0.05) is 5.56 Å². The Morgan fingerprint density at radius 1 is 1.03 bits per heavy atom. The van der Waals surface area contributed by atoms with Crippen LogP contribution >= 0.6 is 11.8 Å². The fourth-order valence-electron chi connectivity index (χ4n) is 3.33. The Morgan fingerprint density at radius 3 is 2.44 bits per heavy atom. The molecule has 0 saturated heterocycles. The van der Waals surface area contributed by atoms with E-state index in [-0.39, 0.29) is 28.9 Å². The van der Waals surface area contributed by atoms with Crippen molar-refractivity contribution in [3.8, 4) is 17.2 Å². The molecule has 0 unspecified atom stereocenters. The number of thioether (sulfide) groups is 1. The zero-order valence-electron chi connectivity index (χ0n) is 18.6. The molecule has 8 heteroatoms. The van der Waals surface area contributed by atoms with Gasteiger partial charge in [0.2, 0.25) is 0 Å². The topological polar surface area (TPSA) is 88.4 Å². The largest absolute Gasteiger partial charge is 0.504 e. The molecule has 172 valence electrons. The third-order valence-electron chi connectivity index (χ3n) is 5.10. The number of nitrogens with zero attached hydrogens (tertiary/aromatic N) is 2. The minimum atomic E-state index is -0.308. The number of carbonyl (C=O) groups excluding carboxylic acids is 2. The van der Waals surface area contributed by atoms with Gasteiger partial charge in [-0.1, -0.05) is 36.0 Å². The van der Waals surface area contributed by atoms with Crippen LogP contribution in [0.3, 0.4) is 0 Å². The van der Waals surface area contributed by atoms with Crippen molar-refractivity contribution in [2.24, 2.45) is 4.99 Å². The molecule has 0 radical (unpaired) electrons. The standard InChI is InChI=1S/C26H22N2O5S/c1-32-20-11-9-18(10-12-20)23(30)16-34-26-27-21(14-17-8-13-22(29)24(15-17)33-2)25(31)28(26)19-6-4-3-5-7-19/h3-15,29H,16H2,1-2H3/b21-14-. The molecule has 3 aromatic carbocycles. The normalized spacial score (nSPS) is 14.3.